The summed E-state index contributed by atoms with van der Waals surface area (Å²) in [6.45, 7) is 5.23. The number of aryl methyl sites for hydroxylation is 2. The molecule has 0 aliphatic rings. The van der Waals surface area contributed by atoms with Crippen LogP contribution in [0.5, 0.6) is 0 Å². The Hall–Kier alpha value is -0.830. The van der Waals surface area contributed by atoms with Crippen molar-refractivity contribution in [3.05, 3.63) is 17.3 Å². The summed E-state index contributed by atoms with van der Waals surface area (Å²) in [4.78, 5) is 3.99. The van der Waals surface area contributed by atoms with Gasteiger partial charge in [-0.15, -0.1) is 0 Å². The van der Waals surface area contributed by atoms with Gasteiger partial charge in [-0.3, -0.25) is 0 Å². The molecule has 0 spiro atoms. The molecular weight excluding hydrogens is 130 g/mol. The highest BCUT2D eigenvalue weighted by atomic mass is 16.4. The fraction of sp³-hybridized carbons (Fsp3) is 0.571. The largest absolute Gasteiger partial charge is 0.446 e. The van der Waals surface area contributed by atoms with Gasteiger partial charge in [-0.1, -0.05) is 0 Å². The molecule has 0 amide bonds. The molecule has 1 aromatic rings. The van der Waals surface area contributed by atoms with E-state index in [1.54, 1.807) is 20.8 Å². The fourth-order valence-electron chi connectivity index (χ4n) is 0.933. The zero-order chi connectivity index (χ0) is 7.72. The van der Waals surface area contributed by atoms with E-state index in [0.29, 0.717) is 17.3 Å². The van der Waals surface area contributed by atoms with Crippen LogP contribution in [-0.4, -0.2) is 10.1 Å². The highest BCUT2D eigenvalue weighted by Gasteiger charge is 2.10. The molecule has 0 aromatic carbocycles. The van der Waals surface area contributed by atoms with E-state index in [0.717, 1.165) is 0 Å². The van der Waals surface area contributed by atoms with Gasteiger partial charge in [-0.05, 0) is 13.8 Å². The minimum absolute atomic E-state index is 0.530. The standard InChI is InChI=1S/C7H11NO2/c1-4(9)7-5(2)10-6(3)8-7/h4,9H,1-3H3/t4-/m1/s1. The third-order valence-corrected chi connectivity index (χ3v) is 1.34. The van der Waals surface area contributed by atoms with E-state index in [4.69, 9.17) is 9.52 Å². The number of aromatic nitrogens is 1. The van der Waals surface area contributed by atoms with Crippen molar-refractivity contribution in [2.75, 3.05) is 0 Å². The van der Waals surface area contributed by atoms with Gasteiger partial charge in [0.1, 0.15) is 11.5 Å². The molecule has 0 bridgehead atoms. The molecule has 1 N–H and O–H groups in total. The monoisotopic (exact) mass is 141 g/mol. The molecule has 0 saturated heterocycles. The molecule has 0 radical (unpaired) electrons. The average molecular weight is 141 g/mol. The Kier molecular flexibility index (Phi) is 1.76. The van der Waals surface area contributed by atoms with Gasteiger partial charge in [0.05, 0.1) is 6.10 Å². The predicted molar refractivity (Wildman–Crippen MR) is 36.6 cm³/mol. The first kappa shape index (κ1) is 7.28. The summed E-state index contributed by atoms with van der Waals surface area (Å²) in [5.74, 6) is 1.31. The Bertz CT molecular complexity index is 228. The van der Waals surface area contributed by atoms with Gasteiger partial charge in [-0.2, -0.15) is 0 Å². The van der Waals surface area contributed by atoms with Crippen molar-refractivity contribution < 1.29 is 9.52 Å². The first-order chi connectivity index (χ1) is 4.61. The summed E-state index contributed by atoms with van der Waals surface area (Å²) < 4.78 is 5.10. The number of oxazole rings is 1. The molecule has 0 aliphatic heterocycles. The summed E-state index contributed by atoms with van der Waals surface area (Å²) in [7, 11) is 0. The quantitative estimate of drug-likeness (QED) is 0.642. The van der Waals surface area contributed by atoms with Crippen molar-refractivity contribution in [2.45, 2.75) is 26.9 Å². The van der Waals surface area contributed by atoms with Crippen LogP contribution in [0.15, 0.2) is 4.42 Å². The molecule has 0 saturated carbocycles. The normalized spacial score (nSPS) is 13.6. The molecule has 0 fully saturated rings. The number of hydrogen-bond donors (Lipinski definition) is 1. The van der Waals surface area contributed by atoms with E-state index in [9.17, 15) is 0 Å². The lowest BCUT2D eigenvalue weighted by Gasteiger charge is -1.96. The number of nitrogens with zero attached hydrogens (tertiary/aromatic N) is 1. The first-order valence-corrected chi connectivity index (χ1v) is 3.23. The SMILES string of the molecule is Cc1nc([C@@H](C)O)c(C)o1. The molecular formula is C7H11NO2. The highest BCUT2D eigenvalue weighted by Crippen LogP contribution is 2.16. The minimum Gasteiger partial charge on any atom is -0.446 e. The molecule has 3 nitrogen and oxygen atoms in total. The van der Waals surface area contributed by atoms with Crippen molar-refractivity contribution in [1.29, 1.82) is 0 Å². The molecule has 1 heterocycles. The number of aliphatic hydroxyl groups excluding tert-OH is 1. The van der Waals surface area contributed by atoms with Gasteiger partial charge < -0.3 is 9.52 Å². The fourth-order valence-corrected chi connectivity index (χ4v) is 0.933. The van der Waals surface area contributed by atoms with E-state index in [-0.39, 0.29) is 0 Å². The Morgan fingerprint density at radius 3 is 2.30 bits per heavy atom. The summed E-state index contributed by atoms with van der Waals surface area (Å²) in [5, 5.41) is 9.10. The Morgan fingerprint density at radius 1 is 1.50 bits per heavy atom. The molecule has 1 rings (SSSR count). The topological polar surface area (TPSA) is 46.3 Å². The van der Waals surface area contributed by atoms with Crippen LogP contribution in [0.1, 0.15) is 30.4 Å². The zero-order valence-electron chi connectivity index (χ0n) is 6.38. The molecule has 10 heavy (non-hydrogen) atoms. The smallest absolute Gasteiger partial charge is 0.191 e. The first-order valence-electron chi connectivity index (χ1n) is 3.23. The van der Waals surface area contributed by atoms with Crippen LogP contribution in [0.2, 0.25) is 0 Å². The number of rotatable bonds is 1. The molecule has 3 heteroatoms. The van der Waals surface area contributed by atoms with Gasteiger partial charge in [0, 0.05) is 6.92 Å². The van der Waals surface area contributed by atoms with Crippen molar-refractivity contribution in [3.63, 3.8) is 0 Å². The second-order valence-electron chi connectivity index (χ2n) is 2.35. The van der Waals surface area contributed by atoms with Crippen LogP contribution >= 0.6 is 0 Å². The maximum absolute atomic E-state index is 9.10. The lowest BCUT2D eigenvalue weighted by Crippen LogP contribution is -1.92. The highest BCUT2D eigenvalue weighted by molar-refractivity contribution is 5.09. The summed E-state index contributed by atoms with van der Waals surface area (Å²) in [5.41, 5.74) is 0.637. The van der Waals surface area contributed by atoms with Crippen LogP contribution in [0.4, 0.5) is 0 Å². The average Bonchev–Trinajstić information content (AvgIpc) is 2.10. The van der Waals surface area contributed by atoms with Crippen LogP contribution in [-0.2, 0) is 0 Å². The van der Waals surface area contributed by atoms with Crippen molar-refractivity contribution in [2.24, 2.45) is 0 Å². The van der Waals surface area contributed by atoms with Crippen molar-refractivity contribution in [3.8, 4) is 0 Å². The minimum atomic E-state index is -0.530. The van der Waals surface area contributed by atoms with Gasteiger partial charge in [0.15, 0.2) is 5.89 Å². The van der Waals surface area contributed by atoms with Crippen molar-refractivity contribution >= 4 is 0 Å². The second-order valence-corrected chi connectivity index (χ2v) is 2.35. The Labute approximate surface area is 59.7 Å². The Morgan fingerprint density at radius 2 is 2.10 bits per heavy atom. The number of hydrogen-bond acceptors (Lipinski definition) is 3. The van der Waals surface area contributed by atoms with E-state index >= 15 is 0 Å². The molecule has 56 valence electrons. The lowest BCUT2D eigenvalue weighted by atomic mass is 10.2. The van der Waals surface area contributed by atoms with E-state index in [1.807, 2.05) is 0 Å². The van der Waals surface area contributed by atoms with Crippen LogP contribution in [0.25, 0.3) is 0 Å². The van der Waals surface area contributed by atoms with E-state index < -0.39 is 6.10 Å². The maximum Gasteiger partial charge on any atom is 0.191 e. The van der Waals surface area contributed by atoms with Gasteiger partial charge in [0.25, 0.3) is 0 Å². The molecule has 1 atom stereocenters. The van der Waals surface area contributed by atoms with Gasteiger partial charge in [-0.25, -0.2) is 4.98 Å². The summed E-state index contributed by atoms with van der Waals surface area (Å²) in [6.07, 6.45) is -0.530. The third-order valence-electron chi connectivity index (χ3n) is 1.34. The van der Waals surface area contributed by atoms with Crippen LogP contribution < -0.4 is 0 Å². The maximum atomic E-state index is 9.10. The van der Waals surface area contributed by atoms with Gasteiger partial charge in [0.2, 0.25) is 0 Å². The number of aliphatic hydroxyl groups is 1. The molecule has 1 aromatic heterocycles. The second kappa shape index (κ2) is 2.42. The zero-order valence-corrected chi connectivity index (χ0v) is 6.38. The van der Waals surface area contributed by atoms with E-state index in [1.165, 1.54) is 0 Å². The van der Waals surface area contributed by atoms with E-state index in [2.05, 4.69) is 4.98 Å². The lowest BCUT2D eigenvalue weighted by molar-refractivity contribution is 0.193. The van der Waals surface area contributed by atoms with Crippen LogP contribution in [0.3, 0.4) is 0 Å². The summed E-state index contributed by atoms with van der Waals surface area (Å²) in [6, 6.07) is 0. The Balaban J connectivity index is 3.03. The van der Waals surface area contributed by atoms with Gasteiger partial charge >= 0.3 is 0 Å². The molecule has 0 aliphatic carbocycles. The van der Waals surface area contributed by atoms with Crippen LogP contribution in [0, 0.1) is 13.8 Å². The summed E-state index contributed by atoms with van der Waals surface area (Å²) >= 11 is 0. The third kappa shape index (κ3) is 1.19. The van der Waals surface area contributed by atoms with Crippen molar-refractivity contribution in [1.82, 2.24) is 4.98 Å². The predicted octanol–water partition coefficient (Wildman–Crippen LogP) is 1.34. The molecule has 0 unspecified atom stereocenters.